The minimum atomic E-state index is -4.83. The second kappa shape index (κ2) is 9.58. The molecule has 3 rings (SSSR count). The van der Waals surface area contributed by atoms with Crippen LogP contribution in [0.2, 0.25) is 5.02 Å². The van der Waals surface area contributed by atoms with Crippen molar-refractivity contribution < 1.29 is 32.5 Å². The lowest BCUT2D eigenvalue weighted by atomic mass is 10.0. The van der Waals surface area contributed by atoms with Gasteiger partial charge in [-0.1, -0.05) is 36.7 Å². The molecular formula is C21H18ClF3N2O4S. The average Bonchev–Trinajstić information content (AvgIpc) is 3.10. The molecular weight excluding hydrogens is 469 g/mol. The minimum Gasteiger partial charge on any atom is -0.491 e. The number of hydrogen-bond acceptors (Lipinski definition) is 6. The molecule has 0 amide bonds. The molecule has 0 aliphatic heterocycles. The highest BCUT2D eigenvalue weighted by Gasteiger charge is 2.31. The van der Waals surface area contributed by atoms with Crippen molar-refractivity contribution in [1.82, 2.24) is 0 Å². The fourth-order valence-corrected chi connectivity index (χ4v) is 4.03. The van der Waals surface area contributed by atoms with E-state index in [9.17, 15) is 23.1 Å². The van der Waals surface area contributed by atoms with Gasteiger partial charge < -0.3 is 25.6 Å². The van der Waals surface area contributed by atoms with Crippen LogP contribution in [0.3, 0.4) is 0 Å². The molecule has 6 nitrogen and oxygen atoms in total. The molecule has 170 valence electrons. The third kappa shape index (κ3) is 5.98. The maximum atomic E-state index is 12.3. The molecule has 11 heteroatoms. The van der Waals surface area contributed by atoms with Gasteiger partial charge in [0.15, 0.2) is 4.88 Å². The van der Waals surface area contributed by atoms with Gasteiger partial charge >= 0.3 is 12.3 Å². The number of halogens is 4. The summed E-state index contributed by atoms with van der Waals surface area (Å²) in [5.74, 6) is -1.58. The molecule has 1 heterocycles. The molecule has 32 heavy (non-hydrogen) atoms. The number of aromatic carboxylic acids is 1. The Balaban J connectivity index is 1.75. The first-order valence-corrected chi connectivity index (χ1v) is 10.4. The number of anilines is 3. The Bertz CT molecular complexity index is 1120. The van der Waals surface area contributed by atoms with Gasteiger partial charge in [-0.25, -0.2) is 4.79 Å². The summed E-state index contributed by atoms with van der Waals surface area (Å²) in [6.45, 7) is 2.09. The SMILES string of the molecule is C[C@@H](COc1cc(Nc2ccc(OC(F)(F)F)cc2N)sc1C(=O)O)c1ccccc1Cl. The third-order valence-corrected chi connectivity index (χ3v) is 5.70. The molecule has 4 N–H and O–H groups in total. The normalized spacial score (nSPS) is 12.3. The zero-order valence-corrected chi connectivity index (χ0v) is 18.1. The number of rotatable bonds is 8. The molecule has 0 aliphatic carbocycles. The summed E-state index contributed by atoms with van der Waals surface area (Å²) in [6.07, 6.45) is -4.83. The van der Waals surface area contributed by atoms with Crippen LogP contribution in [-0.4, -0.2) is 24.0 Å². The largest absolute Gasteiger partial charge is 0.573 e. The highest BCUT2D eigenvalue weighted by Crippen LogP contribution is 2.38. The van der Waals surface area contributed by atoms with Crippen LogP contribution in [0.25, 0.3) is 0 Å². The first kappa shape index (κ1) is 23.6. The molecule has 1 aromatic heterocycles. The van der Waals surface area contributed by atoms with Crippen molar-refractivity contribution in [2.75, 3.05) is 17.7 Å². The van der Waals surface area contributed by atoms with E-state index < -0.39 is 18.1 Å². The third-order valence-electron chi connectivity index (χ3n) is 4.33. The van der Waals surface area contributed by atoms with Gasteiger partial charge in [0, 0.05) is 23.1 Å². The maximum Gasteiger partial charge on any atom is 0.573 e. The number of benzene rings is 2. The van der Waals surface area contributed by atoms with Gasteiger partial charge in [0.1, 0.15) is 11.5 Å². The highest BCUT2D eigenvalue weighted by atomic mass is 35.5. The lowest BCUT2D eigenvalue weighted by Gasteiger charge is -2.14. The number of ether oxygens (including phenoxy) is 2. The second-order valence-electron chi connectivity index (χ2n) is 6.76. The predicted octanol–water partition coefficient (Wildman–Crippen LogP) is 6.51. The summed E-state index contributed by atoms with van der Waals surface area (Å²) < 4.78 is 46.6. The number of carboxylic acid groups (broad SMARTS) is 1. The number of thiophene rings is 1. The molecule has 1 atom stereocenters. The Labute approximate surface area is 190 Å². The molecule has 2 aromatic carbocycles. The average molecular weight is 487 g/mol. The number of carbonyl (C=O) groups is 1. The van der Waals surface area contributed by atoms with Crippen molar-refractivity contribution in [3.8, 4) is 11.5 Å². The van der Waals surface area contributed by atoms with Gasteiger partial charge in [-0.3, -0.25) is 0 Å². The van der Waals surface area contributed by atoms with Crippen molar-refractivity contribution in [3.63, 3.8) is 0 Å². The number of alkyl halides is 3. The summed E-state index contributed by atoms with van der Waals surface area (Å²) in [5.41, 5.74) is 6.95. The van der Waals surface area contributed by atoms with E-state index in [0.717, 1.165) is 29.0 Å². The monoisotopic (exact) mass is 486 g/mol. The van der Waals surface area contributed by atoms with Crippen LogP contribution in [0.5, 0.6) is 11.5 Å². The van der Waals surface area contributed by atoms with Gasteiger partial charge in [-0.05, 0) is 23.8 Å². The Morgan fingerprint density at radius 2 is 1.97 bits per heavy atom. The van der Waals surface area contributed by atoms with Crippen LogP contribution in [0, 0.1) is 0 Å². The van der Waals surface area contributed by atoms with E-state index in [1.165, 1.54) is 12.1 Å². The lowest BCUT2D eigenvalue weighted by Crippen LogP contribution is -2.17. The molecule has 0 fully saturated rings. The first-order valence-electron chi connectivity index (χ1n) is 9.20. The number of nitrogens with two attached hydrogens (primary N) is 1. The topological polar surface area (TPSA) is 93.8 Å². The maximum absolute atomic E-state index is 12.3. The second-order valence-corrected chi connectivity index (χ2v) is 8.22. The van der Waals surface area contributed by atoms with Gasteiger partial charge in [0.2, 0.25) is 0 Å². The van der Waals surface area contributed by atoms with Gasteiger partial charge in [-0.15, -0.1) is 24.5 Å². The van der Waals surface area contributed by atoms with Crippen LogP contribution in [-0.2, 0) is 0 Å². The van der Waals surface area contributed by atoms with E-state index in [1.807, 2.05) is 25.1 Å². The predicted molar refractivity (Wildman–Crippen MR) is 117 cm³/mol. The Kier molecular flexibility index (Phi) is 7.05. The van der Waals surface area contributed by atoms with Crippen molar-refractivity contribution >= 4 is 45.3 Å². The Morgan fingerprint density at radius 3 is 2.59 bits per heavy atom. The van der Waals surface area contributed by atoms with E-state index in [-0.39, 0.29) is 34.5 Å². The number of hydrogen-bond donors (Lipinski definition) is 3. The van der Waals surface area contributed by atoms with E-state index in [0.29, 0.717) is 10.0 Å². The van der Waals surface area contributed by atoms with E-state index in [1.54, 1.807) is 6.07 Å². The summed E-state index contributed by atoms with van der Waals surface area (Å²) >= 11 is 7.11. The number of nitrogen functional groups attached to an aromatic ring is 1. The number of nitrogens with one attached hydrogen (secondary N) is 1. The molecule has 0 radical (unpaired) electrons. The van der Waals surface area contributed by atoms with Gasteiger partial charge in [0.25, 0.3) is 0 Å². The Morgan fingerprint density at radius 1 is 1.25 bits per heavy atom. The standard InChI is InChI=1S/C21H18ClF3N2O4S/c1-11(13-4-2-3-5-14(13)22)10-30-17-9-18(32-19(17)20(28)29)27-16-7-6-12(8-15(16)26)31-21(23,24)25/h2-9,11,27H,10,26H2,1H3,(H,28,29)/t11-/m0/s1. The van der Waals surface area contributed by atoms with E-state index >= 15 is 0 Å². The van der Waals surface area contributed by atoms with Crippen LogP contribution in [0.15, 0.2) is 48.5 Å². The van der Waals surface area contributed by atoms with Crippen LogP contribution < -0.4 is 20.5 Å². The molecule has 3 aromatic rings. The quantitative estimate of drug-likeness (QED) is 0.314. The van der Waals surface area contributed by atoms with Crippen molar-refractivity contribution in [1.29, 1.82) is 0 Å². The van der Waals surface area contributed by atoms with Crippen LogP contribution in [0.4, 0.5) is 29.5 Å². The fraction of sp³-hybridized carbons (Fsp3) is 0.190. The molecule has 0 spiro atoms. The summed E-state index contributed by atoms with van der Waals surface area (Å²) in [5, 5.41) is 13.4. The van der Waals surface area contributed by atoms with E-state index in [2.05, 4.69) is 10.1 Å². The van der Waals surface area contributed by atoms with Crippen LogP contribution in [0.1, 0.15) is 28.1 Å². The first-order chi connectivity index (χ1) is 15.0. The molecule has 0 bridgehead atoms. The molecule has 0 saturated heterocycles. The van der Waals surface area contributed by atoms with Crippen molar-refractivity contribution in [3.05, 3.63) is 64.0 Å². The Hall–Kier alpha value is -3.11. The minimum absolute atomic E-state index is 0.00756. The summed E-state index contributed by atoms with van der Waals surface area (Å²) in [4.78, 5) is 11.6. The van der Waals surface area contributed by atoms with E-state index in [4.69, 9.17) is 22.1 Å². The summed E-state index contributed by atoms with van der Waals surface area (Å²) in [7, 11) is 0. The highest BCUT2D eigenvalue weighted by molar-refractivity contribution is 7.18. The van der Waals surface area contributed by atoms with Crippen LogP contribution >= 0.6 is 22.9 Å². The van der Waals surface area contributed by atoms with Gasteiger partial charge in [-0.2, -0.15) is 0 Å². The molecule has 0 saturated carbocycles. The van der Waals surface area contributed by atoms with Crippen molar-refractivity contribution in [2.24, 2.45) is 0 Å². The van der Waals surface area contributed by atoms with Gasteiger partial charge in [0.05, 0.1) is 23.0 Å². The fourth-order valence-electron chi connectivity index (χ4n) is 2.86. The van der Waals surface area contributed by atoms with Crippen molar-refractivity contribution in [2.45, 2.75) is 19.2 Å². The smallest absolute Gasteiger partial charge is 0.491 e. The molecule has 0 aliphatic rings. The zero-order chi connectivity index (χ0) is 23.5. The zero-order valence-electron chi connectivity index (χ0n) is 16.6. The summed E-state index contributed by atoms with van der Waals surface area (Å²) in [6, 6.07) is 12.2. The molecule has 0 unspecified atom stereocenters. The number of carboxylic acids is 1. The lowest BCUT2D eigenvalue weighted by molar-refractivity contribution is -0.274.